The second-order valence-electron chi connectivity index (χ2n) is 4.59. The maximum Gasteiger partial charge on any atom is 0.286 e. The highest BCUT2D eigenvalue weighted by atomic mass is 32.2. The summed E-state index contributed by atoms with van der Waals surface area (Å²) in [5, 5.41) is 4.15. The van der Waals surface area contributed by atoms with Crippen LogP contribution in [0, 0.1) is 6.92 Å². The van der Waals surface area contributed by atoms with Crippen molar-refractivity contribution in [2.24, 2.45) is 0 Å². The first-order valence-electron chi connectivity index (χ1n) is 5.96. The van der Waals surface area contributed by atoms with Crippen molar-refractivity contribution >= 4 is 52.2 Å². The Morgan fingerprint density at radius 2 is 1.83 bits per heavy atom. The molecule has 86 valence electrons. The average molecular weight is 267 g/mol. The zero-order chi connectivity index (χ0) is 12.1. The topological polar surface area (TPSA) is 0 Å². The third kappa shape index (κ3) is 1.46. The van der Waals surface area contributed by atoms with Gasteiger partial charge in [0.2, 0.25) is 0 Å². The van der Waals surface area contributed by atoms with Gasteiger partial charge in [0.05, 0.1) is 28.1 Å². The van der Waals surface area contributed by atoms with E-state index in [1.807, 2.05) is 22.7 Å². The number of aryl methyl sites for hydroxylation is 1. The van der Waals surface area contributed by atoms with E-state index in [1.54, 1.807) is 0 Å². The van der Waals surface area contributed by atoms with Crippen molar-refractivity contribution in [3.63, 3.8) is 0 Å². The molecule has 0 fully saturated rings. The molecule has 2 aromatic heterocycles. The van der Waals surface area contributed by atoms with Gasteiger partial charge in [0, 0.05) is 10.8 Å². The molecule has 4 rings (SSSR count). The Morgan fingerprint density at radius 1 is 0.944 bits per heavy atom. The van der Waals surface area contributed by atoms with Gasteiger partial charge in [0.15, 0.2) is 0 Å². The largest absolute Gasteiger partial charge is 0.286 e. The normalized spacial score (nSPS) is 11.6. The highest BCUT2D eigenvalue weighted by molar-refractivity contribution is 7.43. The smallest absolute Gasteiger partial charge is 0.0614 e. The summed E-state index contributed by atoms with van der Waals surface area (Å²) in [6, 6.07) is 17.7. The Labute approximate surface area is 113 Å². The molecule has 0 nitrogen and oxygen atoms in total. The molecule has 4 aromatic rings. The second-order valence-corrected chi connectivity index (χ2v) is 6.95. The molecular weight excluding hydrogens is 256 g/mol. The van der Waals surface area contributed by atoms with Gasteiger partial charge in [-0.15, -0.1) is 0 Å². The fraction of sp³-hybridized carbons (Fsp3) is 0.0625. The number of fused-ring (bicyclic) bond motifs is 4. The Kier molecular flexibility index (Phi) is 2.16. The zero-order valence-corrected chi connectivity index (χ0v) is 11.6. The predicted octanol–water partition coefficient (Wildman–Crippen LogP) is 5.86. The van der Waals surface area contributed by atoms with Gasteiger partial charge in [-0.05, 0) is 31.2 Å². The lowest BCUT2D eigenvalue weighted by molar-refractivity contribution is 1.51. The minimum atomic E-state index is 1.33. The summed E-state index contributed by atoms with van der Waals surface area (Å²) in [7, 11) is 0. The van der Waals surface area contributed by atoms with E-state index in [1.165, 1.54) is 35.1 Å². The van der Waals surface area contributed by atoms with Crippen LogP contribution in [-0.4, -0.2) is 0 Å². The molecule has 0 radical (unpaired) electrons. The van der Waals surface area contributed by atoms with Crippen molar-refractivity contribution in [2.45, 2.75) is 6.92 Å². The van der Waals surface area contributed by atoms with Crippen LogP contribution < -0.4 is 0 Å². The van der Waals surface area contributed by atoms with Crippen LogP contribution in [0.3, 0.4) is 0 Å². The Morgan fingerprint density at radius 3 is 2.78 bits per heavy atom. The fourth-order valence-electron chi connectivity index (χ4n) is 2.38. The Bertz CT molecular complexity index is 887. The molecule has 0 aliphatic rings. The molecule has 0 spiro atoms. The van der Waals surface area contributed by atoms with Crippen molar-refractivity contribution in [3.8, 4) is 0 Å². The molecular formula is C16H11S2+. The molecule has 0 N–H and O–H groups in total. The molecule has 2 heterocycles. The molecule has 18 heavy (non-hydrogen) atoms. The third-order valence-corrected chi connectivity index (χ3v) is 5.75. The van der Waals surface area contributed by atoms with Gasteiger partial charge in [0.1, 0.15) is 9.40 Å². The van der Waals surface area contributed by atoms with E-state index in [-0.39, 0.29) is 0 Å². The van der Waals surface area contributed by atoms with E-state index in [4.69, 9.17) is 0 Å². The Balaban J connectivity index is 2.24. The second kappa shape index (κ2) is 3.74. The molecule has 0 saturated carbocycles. The molecule has 0 atom stereocenters. The fourth-order valence-corrected chi connectivity index (χ4v) is 4.85. The van der Waals surface area contributed by atoms with Crippen LogP contribution in [0.25, 0.3) is 29.6 Å². The van der Waals surface area contributed by atoms with Gasteiger partial charge >= 0.3 is 0 Å². The summed E-state index contributed by atoms with van der Waals surface area (Å²) in [5.41, 5.74) is 1.33. The molecule has 0 unspecified atom stereocenters. The lowest BCUT2D eigenvalue weighted by Gasteiger charge is -1.94. The molecule has 2 heteroatoms. The quantitative estimate of drug-likeness (QED) is 0.350. The summed E-state index contributed by atoms with van der Waals surface area (Å²) < 4.78 is 4.18. The maximum atomic E-state index is 2.34. The molecule has 2 aromatic carbocycles. The Hall–Kier alpha value is -1.51. The lowest BCUT2D eigenvalue weighted by atomic mass is 10.1. The maximum absolute atomic E-state index is 2.34. The average Bonchev–Trinajstić information content (AvgIpc) is 2.74. The summed E-state index contributed by atoms with van der Waals surface area (Å²) in [6.07, 6.45) is 0. The highest BCUT2D eigenvalue weighted by Gasteiger charge is 2.15. The predicted molar refractivity (Wildman–Crippen MR) is 83.9 cm³/mol. The zero-order valence-electron chi connectivity index (χ0n) is 9.94. The van der Waals surface area contributed by atoms with E-state index in [2.05, 4.69) is 55.5 Å². The van der Waals surface area contributed by atoms with Gasteiger partial charge in [-0.1, -0.05) is 29.8 Å². The van der Waals surface area contributed by atoms with E-state index in [9.17, 15) is 0 Å². The molecule has 0 bridgehead atoms. The SMILES string of the molecule is Cc1ccc2[s+]c3sc4ccccc4c3cc2c1. The summed E-state index contributed by atoms with van der Waals surface area (Å²) in [4.78, 5) is 0. The first kappa shape index (κ1) is 10.4. The van der Waals surface area contributed by atoms with Crippen LogP contribution in [0.2, 0.25) is 0 Å². The number of benzene rings is 2. The van der Waals surface area contributed by atoms with Crippen molar-refractivity contribution in [2.75, 3.05) is 0 Å². The van der Waals surface area contributed by atoms with Gasteiger partial charge in [-0.25, -0.2) is 0 Å². The van der Waals surface area contributed by atoms with Crippen molar-refractivity contribution in [1.82, 2.24) is 0 Å². The molecule has 0 saturated heterocycles. The van der Waals surface area contributed by atoms with Gasteiger partial charge < -0.3 is 0 Å². The molecule has 0 aliphatic carbocycles. The third-order valence-electron chi connectivity index (χ3n) is 3.27. The van der Waals surface area contributed by atoms with Gasteiger partial charge in [0.25, 0.3) is 4.01 Å². The van der Waals surface area contributed by atoms with E-state index < -0.39 is 0 Å². The van der Waals surface area contributed by atoms with Crippen molar-refractivity contribution in [3.05, 3.63) is 54.1 Å². The highest BCUT2D eigenvalue weighted by Crippen LogP contribution is 2.39. The number of hydrogen-bond acceptors (Lipinski definition) is 1. The van der Waals surface area contributed by atoms with E-state index >= 15 is 0 Å². The van der Waals surface area contributed by atoms with Crippen LogP contribution >= 0.6 is 22.7 Å². The number of thiophene rings is 1. The monoisotopic (exact) mass is 267 g/mol. The number of hydrogen-bond donors (Lipinski definition) is 0. The van der Waals surface area contributed by atoms with E-state index in [0.29, 0.717) is 0 Å². The van der Waals surface area contributed by atoms with Crippen molar-refractivity contribution in [1.29, 1.82) is 0 Å². The summed E-state index contributed by atoms with van der Waals surface area (Å²) in [5.74, 6) is 0. The minimum Gasteiger partial charge on any atom is -0.0614 e. The first-order chi connectivity index (χ1) is 8.81. The van der Waals surface area contributed by atoms with Crippen LogP contribution in [0.1, 0.15) is 5.56 Å². The van der Waals surface area contributed by atoms with Crippen LogP contribution in [-0.2, 0) is 0 Å². The van der Waals surface area contributed by atoms with Gasteiger partial charge in [-0.2, -0.15) is 0 Å². The first-order valence-corrected chi connectivity index (χ1v) is 7.59. The number of rotatable bonds is 0. The summed E-state index contributed by atoms with van der Waals surface area (Å²) in [6.45, 7) is 2.15. The standard InChI is InChI=1S/C16H11S2/c1-10-6-7-14-11(8-10)9-13-12-4-2-3-5-15(12)18-16(13)17-14/h2-9H,1H3/q+1. The molecule has 0 aliphatic heterocycles. The summed E-state index contributed by atoms with van der Waals surface area (Å²) >= 11 is 3.80. The lowest BCUT2D eigenvalue weighted by Crippen LogP contribution is -1.73. The molecule has 0 amide bonds. The van der Waals surface area contributed by atoms with Crippen LogP contribution in [0.5, 0.6) is 0 Å². The van der Waals surface area contributed by atoms with Crippen LogP contribution in [0.4, 0.5) is 0 Å². The van der Waals surface area contributed by atoms with Crippen molar-refractivity contribution < 1.29 is 0 Å². The van der Waals surface area contributed by atoms with E-state index in [0.717, 1.165) is 0 Å². The van der Waals surface area contributed by atoms with Gasteiger partial charge in [-0.3, -0.25) is 0 Å². The van der Waals surface area contributed by atoms with Crippen LogP contribution in [0.15, 0.2) is 48.5 Å². The minimum absolute atomic E-state index is 1.33.